The minimum atomic E-state index is -0.399. The summed E-state index contributed by atoms with van der Waals surface area (Å²) >= 11 is 2.26. The van der Waals surface area contributed by atoms with E-state index in [9.17, 15) is 9.59 Å². The third-order valence-corrected chi connectivity index (χ3v) is 5.97. The number of piperidine rings is 1. The van der Waals surface area contributed by atoms with Gasteiger partial charge in [0.05, 0.1) is 21.5 Å². The largest absolute Gasteiger partial charge is 0.489 e. The SMILES string of the molecule is O=C(NCC(=O)N1CCC(Oc2ccccc2I)CC1)c1cc(-c2ccccn2)[nH]n1. The Hall–Kier alpha value is -2.95. The first-order chi connectivity index (χ1) is 15.1. The van der Waals surface area contributed by atoms with E-state index in [4.69, 9.17) is 4.74 Å². The number of nitrogens with zero attached hydrogens (tertiary/aromatic N) is 3. The average Bonchev–Trinajstić information content (AvgIpc) is 3.30. The Kier molecular flexibility index (Phi) is 6.80. The van der Waals surface area contributed by atoms with Crippen LogP contribution in [0.2, 0.25) is 0 Å². The molecule has 160 valence electrons. The van der Waals surface area contributed by atoms with Gasteiger partial charge in [0.2, 0.25) is 5.91 Å². The molecule has 3 heterocycles. The van der Waals surface area contributed by atoms with Crippen molar-refractivity contribution in [2.24, 2.45) is 0 Å². The van der Waals surface area contributed by atoms with E-state index in [-0.39, 0.29) is 24.2 Å². The molecule has 0 atom stereocenters. The first-order valence-corrected chi connectivity index (χ1v) is 11.1. The minimum Gasteiger partial charge on any atom is -0.489 e. The van der Waals surface area contributed by atoms with E-state index in [2.05, 4.69) is 43.1 Å². The van der Waals surface area contributed by atoms with Crippen LogP contribution in [0.5, 0.6) is 5.75 Å². The van der Waals surface area contributed by atoms with Crippen molar-refractivity contribution in [2.75, 3.05) is 19.6 Å². The number of aromatic nitrogens is 3. The lowest BCUT2D eigenvalue weighted by Crippen LogP contribution is -2.46. The normalized spacial score (nSPS) is 14.3. The number of carbonyl (C=O) groups excluding carboxylic acids is 2. The van der Waals surface area contributed by atoms with Crippen LogP contribution in [0.3, 0.4) is 0 Å². The van der Waals surface area contributed by atoms with Crippen LogP contribution >= 0.6 is 22.6 Å². The maximum Gasteiger partial charge on any atom is 0.272 e. The molecule has 0 saturated carbocycles. The number of halogens is 1. The molecule has 0 bridgehead atoms. The summed E-state index contributed by atoms with van der Waals surface area (Å²) in [6.07, 6.45) is 3.28. The van der Waals surface area contributed by atoms with Gasteiger partial charge in [0.25, 0.3) is 5.91 Å². The summed E-state index contributed by atoms with van der Waals surface area (Å²) in [6, 6.07) is 15.0. The molecule has 1 saturated heterocycles. The molecule has 0 radical (unpaired) electrons. The van der Waals surface area contributed by atoms with E-state index in [1.807, 2.05) is 42.5 Å². The van der Waals surface area contributed by atoms with Crippen molar-refractivity contribution in [3.63, 3.8) is 0 Å². The van der Waals surface area contributed by atoms with Crippen molar-refractivity contribution in [3.8, 4) is 17.1 Å². The number of carbonyl (C=O) groups is 2. The van der Waals surface area contributed by atoms with E-state index >= 15 is 0 Å². The fraction of sp³-hybridized carbons (Fsp3) is 0.273. The molecule has 0 aliphatic carbocycles. The molecule has 1 aromatic carbocycles. The molecular formula is C22H22IN5O3. The molecule has 31 heavy (non-hydrogen) atoms. The average molecular weight is 531 g/mol. The lowest BCUT2D eigenvalue weighted by Gasteiger charge is -2.32. The van der Waals surface area contributed by atoms with Crippen molar-refractivity contribution >= 4 is 34.4 Å². The van der Waals surface area contributed by atoms with Gasteiger partial charge in [0.1, 0.15) is 11.9 Å². The Morgan fingerprint density at radius 1 is 1.16 bits per heavy atom. The Labute approximate surface area is 193 Å². The number of nitrogens with one attached hydrogen (secondary N) is 2. The number of benzene rings is 1. The Morgan fingerprint density at radius 2 is 1.94 bits per heavy atom. The molecule has 8 nitrogen and oxygen atoms in total. The molecule has 1 aliphatic heterocycles. The van der Waals surface area contributed by atoms with Crippen molar-refractivity contribution in [1.82, 2.24) is 25.4 Å². The van der Waals surface area contributed by atoms with Crippen molar-refractivity contribution in [1.29, 1.82) is 0 Å². The fourth-order valence-electron chi connectivity index (χ4n) is 3.39. The number of hydrogen-bond donors (Lipinski definition) is 2. The zero-order valence-electron chi connectivity index (χ0n) is 16.8. The topological polar surface area (TPSA) is 100 Å². The molecule has 0 spiro atoms. The second-order valence-electron chi connectivity index (χ2n) is 7.19. The summed E-state index contributed by atoms with van der Waals surface area (Å²) in [6.45, 7) is 1.15. The van der Waals surface area contributed by atoms with Crippen LogP contribution in [0.1, 0.15) is 23.3 Å². The molecule has 1 aliphatic rings. The third-order valence-electron chi connectivity index (χ3n) is 5.08. The first kappa shape index (κ1) is 21.3. The zero-order valence-corrected chi connectivity index (χ0v) is 18.9. The van der Waals surface area contributed by atoms with Crippen LogP contribution in [-0.2, 0) is 4.79 Å². The van der Waals surface area contributed by atoms with Crippen LogP contribution in [-0.4, -0.2) is 57.6 Å². The number of pyridine rings is 1. The van der Waals surface area contributed by atoms with Gasteiger partial charge >= 0.3 is 0 Å². The van der Waals surface area contributed by atoms with E-state index in [1.54, 1.807) is 17.2 Å². The first-order valence-electron chi connectivity index (χ1n) is 10.0. The summed E-state index contributed by atoms with van der Waals surface area (Å²) in [5.41, 5.74) is 1.56. The number of aromatic amines is 1. The molecule has 0 unspecified atom stereocenters. The standard InChI is InChI=1S/C22H22IN5O3/c23-16-5-1-2-7-20(16)31-15-8-11-28(12-9-15)21(29)14-25-22(30)19-13-18(26-27-19)17-6-3-4-10-24-17/h1-7,10,13,15H,8-9,11-12,14H2,(H,25,30)(H,26,27). The number of hydrogen-bond acceptors (Lipinski definition) is 5. The van der Waals surface area contributed by atoms with Gasteiger partial charge in [0, 0.05) is 32.1 Å². The van der Waals surface area contributed by atoms with Crippen molar-refractivity contribution in [3.05, 3.63) is 64.0 Å². The van der Waals surface area contributed by atoms with E-state index in [0.717, 1.165) is 22.2 Å². The fourth-order valence-corrected chi connectivity index (χ4v) is 3.91. The van der Waals surface area contributed by atoms with E-state index in [0.29, 0.717) is 24.5 Å². The molecule has 1 fully saturated rings. The van der Waals surface area contributed by atoms with Gasteiger partial charge in [-0.05, 0) is 52.9 Å². The summed E-state index contributed by atoms with van der Waals surface area (Å²) in [5.74, 6) is 0.370. The van der Waals surface area contributed by atoms with Gasteiger partial charge in [-0.1, -0.05) is 18.2 Å². The van der Waals surface area contributed by atoms with Gasteiger partial charge in [-0.15, -0.1) is 0 Å². The lowest BCUT2D eigenvalue weighted by atomic mass is 10.1. The summed E-state index contributed by atoms with van der Waals surface area (Å²) in [4.78, 5) is 30.9. The number of likely N-dealkylation sites (tertiary alicyclic amines) is 1. The van der Waals surface area contributed by atoms with Crippen LogP contribution in [0.25, 0.3) is 11.4 Å². The van der Waals surface area contributed by atoms with E-state index < -0.39 is 5.91 Å². The predicted molar refractivity (Wildman–Crippen MR) is 124 cm³/mol. The maximum absolute atomic E-state index is 12.5. The van der Waals surface area contributed by atoms with Gasteiger partial charge in [0.15, 0.2) is 5.69 Å². The maximum atomic E-state index is 12.5. The summed E-state index contributed by atoms with van der Waals surface area (Å²) in [5, 5.41) is 9.47. The summed E-state index contributed by atoms with van der Waals surface area (Å²) in [7, 11) is 0. The van der Waals surface area contributed by atoms with Crippen molar-refractivity contribution < 1.29 is 14.3 Å². The Bertz CT molecular complexity index is 1050. The molecular weight excluding hydrogens is 509 g/mol. The smallest absolute Gasteiger partial charge is 0.272 e. The monoisotopic (exact) mass is 531 g/mol. The molecule has 9 heteroatoms. The van der Waals surface area contributed by atoms with Crippen LogP contribution in [0.4, 0.5) is 0 Å². The van der Waals surface area contributed by atoms with Gasteiger partial charge in [-0.2, -0.15) is 5.10 Å². The minimum absolute atomic E-state index is 0.0628. The number of H-pyrrole nitrogens is 1. The zero-order chi connectivity index (χ0) is 21.6. The Balaban J connectivity index is 1.24. The number of ether oxygens (including phenoxy) is 1. The highest BCUT2D eigenvalue weighted by Crippen LogP contribution is 2.24. The van der Waals surface area contributed by atoms with Crippen molar-refractivity contribution in [2.45, 2.75) is 18.9 Å². The van der Waals surface area contributed by atoms with Gasteiger partial charge in [-0.25, -0.2) is 0 Å². The molecule has 3 aromatic rings. The number of para-hydroxylation sites is 1. The van der Waals surface area contributed by atoms with E-state index in [1.165, 1.54) is 0 Å². The quantitative estimate of drug-likeness (QED) is 0.477. The molecule has 2 N–H and O–H groups in total. The Morgan fingerprint density at radius 3 is 2.68 bits per heavy atom. The lowest BCUT2D eigenvalue weighted by molar-refractivity contribution is -0.131. The molecule has 4 rings (SSSR count). The van der Waals surface area contributed by atoms with Gasteiger partial charge in [-0.3, -0.25) is 19.7 Å². The predicted octanol–water partition coefficient (Wildman–Crippen LogP) is 2.88. The molecule has 2 amide bonds. The number of amides is 2. The third kappa shape index (κ3) is 5.40. The highest BCUT2D eigenvalue weighted by Gasteiger charge is 2.25. The summed E-state index contributed by atoms with van der Waals surface area (Å²) < 4.78 is 7.15. The van der Waals surface area contributed by atoms with Crippen LogP contribution in [0.15, 0.2) is 54.7 Å². The molecule has 2 aromatic heterocycles. The van der Waals surface area contributed by atoms with Gasteiger partial charge < -0.3 is 15.0 Å². The second-order valence-corrected chi connectivity index (χ2v) is 8.36. The van der Waals surface area contributed by atoms with Crippen LogP contribution < -0.4 is 10.1 Å². The highest BCUT2D eigenvalue weighted by atomic mass is 127. The number of rotatable bonds is 6. The van der Waals surface area contributed by atoms with Crippen LogP contribution in [0, 0.1) is 3.57 Å². The second kappa shape index (κ2) is 9.90. The highest BCUT2D eigenvalue weighted by molar-refractivity contribution is 14.1.